The molecule has 0 atom stereocenters. The van der Waals surface area contributed by atoms with Crippen molar-refractivity contribution in [3.8, 4) is 0 Å². The van der Waals surface area contributed by atoms with Gasteiger partial charge in [-0.25, -0.2) is 4.79 Å². The van der Waals surface area contributed by atoms with Crippen LogP contribution in [0.1, 0.15) is 24.0 Å². The summed E-state index contributed by atoms with van der Waals surface area (Å²) >= 11 is 0. The lowest BCUT2D eigenvalue weighted by atomic mass is 10.0. The first-order valence-corrected chi connectivity index (χ1v) is 5.38. The Balaban J connectivity index is 2.58. The molecule has 0 aliphatic rings. The third-order valence-corrected chi connectivity index (χ3v) is 2.50. The molecule has 0 aromatic heterocycles. The van der Waals surface area contributed by atoms with Gasteiger partial charge in [0.05, 0.1) is 5.56 Å². The Hall–Kier alpha value is -1.78. The number of aryl methyl sites for hydroxylation is 1. The fraction of sp³-hybridized carbons (Fsp3) is 0.308. The summed E-state index contributed by atoms with van der Waals surface area (Å²) in [7, 11) is 0. The van der Waals surface area contributed by atoms with E-state index in [-0.39, 0.29) is 12.0 Å². The summed E-state index contributed by atoms with van der Waals surface area (Å²) in [5, 5.41) is 8.58. The minimum Gasteiger partial charge on any atom is -0.478 e. The predicted molar refractivity (Wildman–Crippen MR) is 61.2 cm³/mol. The molecule has 1 aromatic rings. The minimum absolute atomic E-state index is 0.0713. The quantitative estimate of drug-likeness (QED) is 0.818. The van der Waals surface area contributed by atoms with E-state index < -0.39 is 17.7 Å². The molecule has 0 aliphatic heterocycles. The zero-order valence-corrected chi connectivity index (χ0v) is 9.63. The third-order valence-electron chi connectivity index (χ3n) is 2.50. The summed E-state index contributed by atoms with van der Waals surface area (Å²) in [6, 6.07) is 5.05. The van der Waals surface area contributed by atoms with E-state index in [0.717, 1.165) is 12.1 Å². The number of hydrogen-bond acceptors (Lipinski definition) is 1. The first-order chi connectivity index (χ1) is 8.30. The second-order valence-electron chi connectivity index (χ2n) is 3.96. The Bertz CT molecular complexity index is 450. The number of carboxylic acids is 1. The molecule has 1 rings (SSSR count). The monoisotopic (exact) mass is 258 g/mol. The van der Waals surface area contributed by atoms with Crippen molar-refractivity contribution in [3.63, 3.8) is 0 Å². The van der Waals surface area contributed by atoms with Crippen molar-refractivity contribution in [1.82, 2.24) is 0 Å². The molecule has 0 radical (unpaired) electrons. The van der Waals surface area contributed by atoms with Crippen LogP contribution in [0.25, 0.3) is 0 Å². The second kappa shape index (κ2) is 5.71. The largest absolute Gasteiger partial charge is 0.478 e. The Morgan fingerprint density at radius 2 is 2.00 bits per heavy atom. The first kappa shape index (κ1) is 14.3. The smallest absolute Gasteiger partial charge is 0.416 e. The van der Waals surface area contributed by atoms with Crippen LogP contribution >= 0.6 is 0 Å². The summed E-state index contributed by atoms with van der Waals surface area (Å²) in [4.78, 5) is 10.5. The van der Waals surface area contributed by atoms with Crippen molar-refractivity contribution < 1.29 is 23.1 Å². The lowest BCUT2D eigenvalue weighted by Gasteiger charge is -2.08. The predicted octanol–water partition coefficient (Wildman–Crippen LogP) is 3.67. The van der Waals surface area contributed by atoms with Gasteiger partial charge >= 0.3 is 12.1 Å². The number of aliphatic carboxylic acids is 1. The van der Waals surface area contributed by atoms with E-state index in [1.807, 2.05) is 0 Å². The van der Waals surface area contributed by atoms with E-state index in [1.54, 1.807) is 6.07 Å². The van der Waals surface area contributed by atoms with Gasteiger partial charge in [-0.2, -0.15) is 13.2 Å². The molecule has 0 saturated heterocycles. The van der Waals surface area contributed by atoms with E-state index in [0.29, 0.717) is 18.4 Å². The summed E-state index contributed by atoms with van der Waals surface area (Å²) < 4.78 is 37.3. The van der Waals surface area contributed by atoms with E-state index in [1.165, 1.54) is 6.07 Å². The number of carbonyl (C=O) groups is 1. The molecule has 1 N–H and O–H groups in total. The lowest BCUT2D eigenvalue weighted by Crippen LogP contribution is -2.05. The number of rotatable bonds is 5. The molecule has 1 aromatic carbocycles. The van der Waals surface area contributed by atoms with Gasteiger partial charge in [0, 0.05) is 5.57 Å². The van der Waals surface area contributed by atoms with Gasteiger partial charge in [0.1, 0.15) is 0 Å². The zero-order valence-electron chi connectivity index (χ0n) is 9.63. The molecule has 0 unspecified atom stereocenters. The molecule has 0 heterocycles. The fourth-order valence-corrected chi connectivity index (χ4v) is 1.52. The molecule has 0 saturated carbocycles. The minimum atomic E-state index is -4.35. The normalized spacial score (nSPS) is 11.3. The zero-order chi connectivity index (χ0) is 13.8. The highest BCUT2D eigenvalue weighted by Gasteiger charge is 2.30. The Morgan fingerprint density at radius 1 is 1.33 bits per heavy atom. The van der Waals surface area contributed by atoms with Crippen molar-refractivity contribution in [2.24, 2.45) is 0 Å². The molecule has 0 bridgehead atoms. The van der Waals surface area contributed by atoms with E-state index >= 15 is 0 Å². The Labute approximate surface area is 103 Å². The van der Waals surface area contributed by atoms with Gasteiger partial charge in [0.25, 0.3) is 0 Å². The molecule has 0 amide bonds. The molecular weight excluding hydrogens is 245 g/mol. The maximum atomic E-state index is 12.4. The molecule has 0 fully saturated rings. The maximum absolute atomic E-state index is 12.4. The average Bonchev–Trinajstić information content (AvgIpc) is 2.28. The van der Waals surface area contributed by atoms with Crippen LogP contribution < -0.4 is 0 Å². The third kappa shape index (κ3) is 4.24. The van der Waals surface area contributed by atoms with Crippen LogP contribution in [-0.2, 0) is 17.4 Å². The standard InChI is InChI=1S/C13H13F3O2/c1-9(12(17)18)4-2-5-10-6-3-7-11(8-10)13(14,15)16/h3,6-8H,1-2,4-5H2,(H,17,18). The van der Waals surface area contributed by atoms with Crippen molar-refractivity contribution in [3.05, 3.63) is 47.5 Å². The molecular formula is C13H13F3O2. The summed E-state index contributed by atoms with van der Waals surface area (Å²) in [5.74, 6) is -1.07. The molecule has 5 heteroatoms. The van der Waals surface area contributed by atoms with Crippen molar-refractivity contribution in [2.75, 3.05) is 0 Å². The molecule has 18 heavy (non-hydrogen) atoms. The van der Waals surface area contributed by atoms with Crippen LogP contribution in [0.15, 0.2) is 36.4 Å². The first-order valence-electron chi connectivity index (χ1n) is 5.38. The number of halogens is 3. The van der Waals surface area contributed by atoms with Gasteiger partial charge < -0.3 is 5.11 Å². The summed E-state index contributed by atoms with van der Waals surface area (Å²) in [6.45, 7) is 3.36. The van der Waals surface area contributed by atoms with Gasteiger partial charge in [-0.05, 0) is 30.9 Å². The molecule has 2 nitrogen and oxygen atoms in total. The van der Waals surface area contributed by atoms with Crippen molar-refractivity contribution >= 4 is 5.97 Å². The second-order valence-corrected chi connectivity index (χ2v) is 3.96. The highest BCUT2D eigenvalue weighted by Crippen LogP contribution is 2.29. The van der Waals surface area contributed by atoms with Crippen molar-refractivity contribution in [2.45, 2.75) is 25.4 Å². The van der Waals surface area contributed by atoms with Gasteiger partial charge in [0.2, 0.25) is 0 Å². The lowest BCUT2D eigenvalue weighted by molar-refractivity contribution is -0.137. The number of hydrogen-bond donors (Lipinski definition) is 1. The Kier molecular flexibility index (Phi) is 4.53. The van der Waals surface area contributed by atoms with Gasteiger partial charge in [0.15, 0.2) is 0 Å². The molecule has 0 aliphatic carbocycles. The summed E-state index contributed by atoms with van der Waals surface area (Å²) in [5.41, 5.74) is -0.0675. The highest BCUT2D eigenvalue weighted by atomic mass is 19.4. The van der Waals surface area contributed by atoms with Crippen LogP contribution in [-0.4, -0.2) is 11.1 Å². The van der Waals surface area contributed by atoms with Crippen LogP contribution in [0.3, 0.4) is 0 Å². The van der Waals surface area contributed by atoms with Crippen LogP contribution in [0.2, 0.25) is 0 Å². The van der Waals surface area contributed by atoms with Crippen LogP contribution in [0.5, 0.6) is 0 Å². The number of benzene rings is 1. The Morgan fingerprint density at radius 3 is 2.56 bits per heavy atom. The van der Waals surface area contributed by atoms with E-state index in [9.17, 15) is 18.0 Å². The number of carboxylic acid groups (broad SMARTS) is 1. The van der Waals surface area contributed by atoms with Crippen molar-refractivity contribution in [1.29, 1.82) is 0 Å². The van der Waals surface area contributed by atoms with Gasteiger partial charge in [-0.1, -0.05) is 24.8 Å². The van der Waals surface area contributed by atoms with E-state index in [4.69, 9.17) is 5.11 Å². The summed E-state index contributed by atoms with van der Waals surface area (Å²) in [6.07, 6.45) is -3.21. The number of alkyl halides is 3. The molecule has 0 spiro atoms. The topological polar surface area (TPSA) is 37.3 Å². The van der Waals surface area contributed by atoms with Crippen LogP contribution in [0, 0.1) is 0 Å². The maximum Gasteiger partial charge on any atom is 0.416 e. The average molecular weight is 258 g/mol. The fourth-order valence-electron chi connectivity index (χ4n) is 1.52. The van der Waals surface area contributed by atoms with Crippen LogP contribution in [0.4, 0.5) is 13.2 Å². The van der Waals surface area contributed by atoms with Gasteiger partial charge in [-0.15, -0.1) is 0 Å². The SMILES string of the molecule is C=C(CCCc1cccc(C(F)(F)F)c1)C(=O)O. The van der Waals surface area contributed by atoms with E-state index in [2.05, 4.69) is 6.58 Å². The van der Waals surface area contributed by atoms with Gasteiger partial charge in [-0.3, -0.25) is 0 Å². The highest BCUT2D eigenvalue weighted by molar-refractivity contribution is 5.85. The molecule has 98 valence electrons.